The highest BCUT2D eigenvalue weighted by Gasteiger charge is 2.22. The number of rotatable bonds is 6. The summed E-state index contributed by atoms with van der Waals surface area (Å²) >= 11 is 0. The minimum atomic E-state index is -0.709. The Bertz CT molecular complexity index is 921. The van der Waals surface area contributed by atoms with E-state index < -0.39 is 17.6 Å². The second-order valence-electron chi connectivity index (χ2n) is 5.46. The van der Waals surface area contributed by atoms with E-state index in [9.17, 15) is 9.59 Å². The molecule has 0 aliphatic carbocycles. The van der Waals surface area contributed by atoms with Gasteiger partial charge in [-0.1, -0.05) is 42.5 Å². The number of nitrogens with zero attached hydrogens (tertiary/aromatic N) is 1. The number of hydrogen-bond donors (Lipinski definition) is 1. The van der Waals surface area contributed by atoms with Crippen molar-refractivity contribution in [1.29, 1.82) is 0 Å². The molecule has 0 radical (unpaired) electrons. The van der Waals surface area contributed by atoms with Gasteiger partial charge in [0.1, 0.15) is 6.04 Å². The van der Waals surface area contributed by atoms with Gasteiger partial charge in [0, 0.05) is 6.42 Å². The van der Waals surface area contributed by atoms with Gasteiger partial charge in [-0.3, -0.25) is 0 Å². The molecule has 0 spiro atoms. The third-order valence-electron chi connectivity index (χ3n) is 3.69. The normalized spacial score (nSPS) is 11.9. The second kappa shape index (κ2) is 7.61. The topological polar surface area (TPSA) is 81.4 Å². The Morgan fingerprint density at radius 3 is 2.64 bits per heavy atom. The van der Waals surface area contributed by atoms with Crippen molar-refractivity contribution < 1.29 is 13.9 Å². The van der Waals surface area contributed by atoms with Crippen molar-refractivity contribution in [2.45, 2.75) is 19.4 Å². The lowest BCUT2D eigenvalue weighted by molar-refractivity contribution is -0.144. The molecule has 0 saturated heterocycles. The van der Waals surface area contributed by atoms with Gasteiger partial charge in [0.2, 0.25) is 0 Å². The van der Waals surface area contributed by atoms with Crippen molar-refractivity contribution in [1.82, 2.24) is 4.98 Å². The predicted octanol–water partition coefficient (Wildman–Crippen LogP) is 2.77. The minimum absolute atomic E-state index is 0.00214. The summed E-state index contributed by atoms with van der Waals surface area (Å²) in [6.07, 6.45) is 0.387. The third kappa shape index (κ3) is 4.03. The monoisotopic (exact) mass is 338 g/mol. The van der Waals surface area contributed by atoms with Gasteiger partial charge in [-0.2, -0.15) is 4.98 Å². The van der Waals surface area contributed by atoms with Crippen molar-refractivity contribution in [2.24, 2.45) is 0 Å². The summed E-state index contributed by atoms with van der Waals surface area (Å²) in [6, 6.07) is 15.7. The Morgan fingerprint density at radius 1 is 1.16 bits per heavy atom. The Balaban J connectivity index is 1.89. The van der Waals surface area contributed by atoms with Crippen molar-refractivity contribution in [3.63, 3.8) is 0 Å². The molecule has 25 heavy (non-hydrogen) atoms. The molecule has 0 aliphatic rings. The molecule has 1 atom stereocenters. The number of hydrogen-bond acceptors (Lipinski definition) is 6. The average molecular weight is 338 g/mol. The summed E-state index contributed by atoms with van der Waals surface area (Å²) in [6.45, 7) is 2.01. The van der Waals surface area contributed by atoms with E-state index in [0.717, 1.165) is 5.56 Å². The van der Waals surface area contributed by atoms with Gasteiger partial charge in [-0.15, -0.1) is 0 Å². The van der Waals surface area contributed by atoms with Gasteiger partial charge in [-0.05, 0) is 24.6 Å². The van der Waals surface area contributed by atoms with Gasteiger partial charge in [0.05, 0.1) is 17.5 Å². The molecule has 0 amide bonds. The number of nitrogens with one attached hydrogen (secondary N) is 1. The van der Waals surface area contributed by atoms with Crippen LogP contribution in [0.3, 0.4) is 0 Å². The molecular weight excluding hydrogens is 320 g/mol. The van der Waals surface area contributed by atoms with Crippen LogP contribution in [-0.4, -0.2) is 23.6 Å². The Kier molecular flexibility index (Phi) is 5.09. The second-order valence-corrected chi connectivity index (χ2v) is 5.46. The van der Waals surface area contributed by atoms with Crippen LogP contribution in [0.2, 0.25) is 0 Å². The number of anilines is 1. The molecule has 3 aromatic rings. The lowest BCUT2D eigenvalue weighted by Crippen LogP contribution is -2.34. The van der Waals surface area contributed by atoms with Crippen molar-refractivity contribution in [3.8, 4) is 0 Å². The number of para-hydroxylation sites is 1. The number of benzene rings is 2. The molecule has 0 aliphatic heterocycles. The lowest BCUT2D eigenvalue weighted by atomic mass is 10.1. The molecule has 3 rings (SSSR count). The van der Waals surface area contributed by atoms with Gasteiger partial charge < -0.3 is 14.5 Å². The molecule has 6 nitrogen and oxygen atoms in total. The molecule has 2 aromatic carbocycles. The smallest absolute Gasteiger partial charge is 0.348 e. The summed E-state index contributed by atoms with van der Waals surface area (Å²) in [4.78, 5) is 28.6. The molecule has 6 heteroatoms. The summed E-state index contributed by atoms with van der Waals surface area (Å²) in [7, 11) is 0. The number of fused-ring (bicyclic) bond motifs is 1. The Labute approximate surface area is 144 Å². The van der Waals surface area contributed by atoms with Crippen molar-refractivity contribution >= 4 is 22.9 Å². The molecule has 0 bridgehead atoms. The van der Waals surface area contributed by atoms with E-state index >= 15 is 0 Å². The summed E-state index contributed by atoms with van der Waals surface area (Å²) in [5, 5.41) is 3.29. The SMILES string of the molecule is CCOC(=O)[C@H](Cc1ccccc1)Nc1nc2ccccc2c(=O)o1. The molecule has 1 N–H and O–H groups in total. The van der Waals surface area contributed by atoms with Gasteiger partial charge in [0.25, 0.3) is 6.01 Å². The highest BCUT2D eigenvalue weighted by molar-refractivity contribution is 5.80. The fraction of sp³-hybridized carbons (Fsp3) is 0.211. The maximum Gasteiger partial charge on any atom is 0.348 e. The molecule has 128 valence electrons. The largest absolute Gasteiger partial charge is 0.464 e. The first-order valence-corrected chi connectivity index (χ1v) is 8.04. The predicted molar refractivity (Wildman–Crippen MR) is 94.5 cm³/mol. The van der Waals surface area contributed by atoms with Crippen molar-refractivity contribution in [2.75, 3.05) is 11.9 Å². The summed E-state index contributed by atoms with van der Waals surface area (Å²) in [5.74, 6) is -0.427. The zero-order chi connectivity index (χ0) is 17.6. The van der Waals surface area contributed by atoms with E-state index in [1.54, 1.807) is 31.2 Å². The molecule has 0 fully saturated rings. The van der Waals surface area contributed by atoms with Crippen LogP contribution in [0.1, 0.15) is 12.5 Å². The fourth-order valence-electron chi connectivity index (χ4n) is 2.52. The highest BCUT2D eigenvalue weighted by Crippen LogP contribution is 2.13. The van der Waals surface area contributed by atoms with E-state index in [2.05, 4.69) is 10.3 Å². The number of carbonyl (C=O) groups is 1. The van der Waals surface area contributed by atoms with E-state index in [1.165, 1.54) is 0 Å². The number of esters is 1. The summed E-state index contributed by atoms with van der Waals surface area (Å²) in [5.41, 5.74) is 0.954. The number of carbonyl (C=O) groups excluding carboxylic acids is 1. The van der Waals surface area contributed by atoms with Crippen LogP contribution in [0, 0.1) is 0 Å². The maximum atomic E-state index is 12.3. The van der Waals surface area contributed by atoms with Crippen molar-refractivity contribution in [3.05, 3.63) is 70.6 Å². The average Bonchev–Trinajstić information content (AvgIpc) is 2.62. The van der Waals surface area contributed by atoms with Crippen LogP contribution < -0.4 is 10.9 Å². The van der Waals surface area contributed by atoms with Crippen LogP contribution in [-0.2, 0) is 16.0 Å². The molecule has 0 unspecified atom stereocenters. The highest BCUT2D eigenvalue weighted by atomic mass is 16.5. The van der Waals surface area contributed by atoms with Crippen LogP contribution >= 0.6 is 0 Å². The third-order valence-corrected chi connectivity index (χ3v) is 3.69. The number of ether oxygens (including phenoxy) is 1. The lowest BCUT2D eigenvalue weighted by Gasteiger charge is -2.17. The molecule has 0 saturated carbocycles. The first-order valence-electron chi connectivity index (χ1n) is 8.04. The standard InChI is InChI=1S/C19H18N2O4/c1-2-24-18(23)16(12-13-8-4-3-5-9-13)21-19-20-15-11-7-6-10-14(15)17(22)25-19/h3-11,16H,2,12H2,1H3,(H,20,21)/t16-/m0/s1. The first-order chi connectivity index (χ1) is 12.2. The number of aromatic nitrogens is 1. The van der Waals surface area contributed by atoms with E-state index in [0.29, 0.717) is 17.3 Å². The van der Waals surface area contributed by atoms with Gasteiger partial charge in [0.15, 0.2) is 0 Å². The van der Waals surface area contributed by atoms with E-state index in [-0.39, 0.29) is 12.6 Å². The van der Waals surface area contributed by atoms with Crippen LogP contribution in [0.4, 0.5) is 6.01 Å². The van der Waals surface area contributed by atoms with Crippen LogP contribution in [0.5, 0.6) is 0 Å². The van der Waals surface area contributed by atoms with Gasteiger partial charge >= 0.3 is 11.6 Å². The summed E-state index contributed by atoms with van der Waals surface area (Å²) < 4.78 is 10.3. The van der Waals surface area contributed by atoms with E-state index in [4.69, 9.17) is 9.15 Å². The van der Waals surface area contributed by atoms with Crippen LogP contribution in [0.25, 0.3) is 10.9 Å². The zero-order valence-electron chi connectivity index (χ0n) is 13.8. The zero-order valence-corrected chi connectivity index (χ0v) is 13.8. The molecule has 1 heterocycles. The van der Waals surface area contributed by atoms with E-state index in [1.807, 2.05) is 30.3 Å². The van der Waals surface area contributed by atoms with Crippen LogP contribution in [0.15, 0.2) is 63.8 Å². The Morgan fingerprint density at radius 2 is 1.88 bits per heavy atom. The minimum Gasteiger partial charge on any atom is -0.464 e. The van der Waals surface area contributed by atoms with Gasteiger partial charge in [-0.25, -0.2) is 9.59 Å². The molecular formula is C19H18N2O4. The maximum absolute atomic E-state index is 12.3. The molecule has 1 aromatic heterocycles. The first kappa shape index (κ1) is 16.7. The fourth-order valence-corrected chi connectivity index (χ4v) is 2.52. The quantitative estimate of drug-likeness (QED) is 0.696. The Hall–Kier alpha value is -3.15.